The first-order chi connectivity index (χ1) is 19.2. The monoisotopic (exact) mass is 544 g/mol. The maximum atomic E-state index is 16.1. The molecule has 4 N–H and O–H groups in total. The van der Waals surface area contributed by atoms with Crippen LogP contribution in [0.2, 0.25) is 0 Å². The van der Waals surface area contributed by atoms with Gasteiger partial charge in [0, 0.05) is 41.4 Å². The first kappa shape index (κ1) is 25.7. The van der Waals surface area contributed by atoms with Gasteiger partial charge in [-0.2, -0.15) is 0 Å². The zero-order valence-electron chi connectivity index (χ0n) is 21.5. The summed E-state index contributed by atoms with van der Waals surface area (Å²) in [6.07, 6.45) is 0.195. The number of alkyl halides is 1. The van der Waals surface area contributed by atoms with Crippen LogP contribution in [0.15, 0.2) is 70.4 Å². The number of nitrogens with zero attached hydrogens (tertiary/aromatic N) is 2. The molecule has 1 aliphatic rings. The number of hydrogen-bond donors (Lipinski definition) is 3. The SMILES string of the molecule is Cc1c(C2c3c([nH]c4cc(CCO)ccc34)[C@@H](C(N)=O)C[C@H]2F)cccc1-n1c(=O)cc2c(F)cccn2c1=O. The predicted molar refractivity (Wildman–Crippen MR) is 146 cm³/mol. The highest BCUT2D eigenvalue weighted by Crippen LogP contribution is 2.48. The number of benzene rings is 2. The third-order valence-electron chi connectivity index (χ3n) is 7.94. The van der Waals surface area contributed by atoms with E-state index in [4.69, 9.17) is 5.73 Å². The third-order valence-corrected chi connectivity index (χ3v) is 7.94. The number of halogens is 2. The first-order valence-corrected chi connectivity index (χ1v) is 12.9. The molecule has 0 aliphatic heterocycles. The van der Waals surface area contributed by atoms with Crippen molar-refractivity contribution in [3.8, 4) is 5.69 Å². The number of rotatable bonds is 5. The molecule has 0 fully saturated rings. The highest BCUT2D eigenvalue weighted by atomic mass is 19.1. The molecule has 8 nitrogen and oxygen atoms in total. The van der Waals surface area contributed by atoms with Crippen LogP contribution in [0.5, 0.6) is 0 Å². The van der Waals surface area contributed by atoms with Crippen molar-refractivity contribution >= 4 is 22.3 Å². The summed E-state index contributed by atoms with van der Waals surface area (Å²) < 4.78 is 32.4. The molecule has 6 rings (SSSR count). The van der Waals surface area contributed by atoms with E-state index >= 15 is 4.39 Å². The zero-order chi connectivity index (χ0) is 28.3. The Kier molecular flexibility index (Phi) is 6.14. The first-order valence-electron chi connectivity index (χ1n) is 12.9. The summed E-state index contributed by atoms with van der Waals surface area (Å²) in [5.74, 6) is -3.02. The van der Waals surface area contributed by atoms with Crippen LogP contribution in [-0.2, 0) is 11.2 Å². The van der Waals surface area contributed by atoms with Crippen molar-refractivity contribution in [2.75, 3.05) is 6.61 Å². The molecule has 3 heterocycles. The van der Waals surface area contributed by atoms with Crippen molar-refractivity contribution in [2.24, 2.45) is 5.73 Å². The predicted octanol–water partition coefficient (Wildman–Crippen LogP) is 3.36. The van der Waals surface area contributed by atoms with Crippen molar-refractivity contribution in [3.05, 3.63) is 115 Å². The molecule has 0 radical (unpaired) electrons. The van der Waals surface area contributed by atoms with Gasteiger partial charge in [-0.3, -0.25) is 14.0 Å². The highest BCUT2D eigenvalue weighted by Gasteiger charge is 2.41. The van der Waals surface area contributed by atoms with E-state index in [2.05, 4.69) is 4.98 Å². The van der Waals surface area contributed by atoms with Gasteiger partial charge in [0.05, 0.1) is 17.1 Å². The van der Waals surface area contributed by atoms with Crippen LogP contribution in [-0.4, -0.2) is 37.7 Å². The molecule has 1 amide bonds. The Morgan fingerprint density at radius 3 is 2.70 bits per heavy atom. The number of nitrogens with two attached hydrogens (primary N) is 1. The Bertz CT molecular complexity index is 1940. The van der Waals surface area contributed by atoms with Crippen LogP contribution in [0.3, 0.4) is 0 Å². The summed E-state index contributed by atoms with van der Waals surface area (Å²) in [5.41, 5.74) is 8.09. The summed E-state index contributed by atoms with van der Waals surface area (Å²) in [6.45, 7) is 1.68. The number of amides is 1. The normalized spacial score (nSPS) is 18.8. The molecule has 40 heavy (non-hydrogen) atoms. The Morgan fingerprint density at radius 1 is 1.15 bits per heavy atom. The van der Waals surface area contributed by atoms with E-state index in [9.17, 15) is 23.9 Å². The lowest BCUT2D eigenvalue weighted by Crippen LogP contribution is -2.37. The van der Waals surface area contributed by atoms with Crippen LogP contribution < -0.4 is 17.0 Å². The standard InChI is InChI=1S/C30H26F2N4O4/c1-15-17(4-2-6-23(15)36-25(38)14-24-20(31)5-3-10-35(24)30(36)40)26-21(32)13-19(29(33)39)28-27(26)18-8-7-16(9-11-37)12-22(18)34-28/h2-8,10,12,14,19,21,26,34,37H,9,11,13H2,1H3,(H2,33,39)/t19-,21+,26?/m0/s1. The number of aromatic amines is 1. The fourth-order valence-corrected chi connectivity index (χ4v) is 6.08. The second kappa shape index (κ2) is 9.56. The lowest BCUT2D eigenvalue weighted by Gasteiger charge is -2.32. The van der Waals surface area contributed by atoms with Crippen LogP contribution >= 0.6 is 0 Å². The molecule has 204 valence electrons. The minimum Gasteiger partial charge on any atom is -0.396 e. The second-order valence-corrected chi connectivity index (χ2v) is 10.2. The summed E-state index contributed by atoms with van der Waals surface area (Å²) in [6, 6.07) is 14.1. The Morgan fingerprint density at radius 2 is 1.95 bits per heavy atom. The summed E-state index contributed by atoms with van der Waals surface area (Å²) in [5, 5.41) is 10.1. The van der Waals surface area contributed by atoms with Gasteiger partial charge < -0.3 is 15.8 Å². The minimum atomic E-state index is -1.49. The molecule has 0 saturated carbocycles. The van der Waals surface area contributed by atoms with Crippen LogP contribution in [0.25, 0.3) is 22.1 Å². The Hall–Kier alpha value is -4.57. The van der Waals surface area contributed by atoms with Gasteiger partial charge in [-0.25, -0.2) is 18.1 Å². The van der Waals surface area contributed by atoms with Crippen molar-refractivity contribution < 1.29 is 18.7 Å². The molecule has 1 unspecified atom stereocenters. The fourth-order valence-electron chi connectivity index (χ4n) is 6.08. The number of aliphatic hydroxyl groups excluding tert-OH is 1. The third kappa shape index (κ3) is 3.86. The van der Waals surface area contributed by atoms with Crippen molar-refractivity contribution in [1.29, 1.82) is 0 Å². The van der Waals surface area contributed by atoms with Gasteiger partial charge in [-0.1, -0.05) is 24.3 Å². The summed E-state index contributed by atoms with van der Waals surface area (Å²) in [4.78, 5) is 42.1. The van der Waals surface area contributed by atoms with Gasteiger partial charge >= 0.3 is 5.69 Å². The lowest BCUT2D eigenvalue weighted by atomic mass is 9.73. The molecule has 0 bridgehead atoms. The molecule has 3 atom stereocenters. The van der Waals surface area contributed by atoms with Gasteiger partial charge in [0.25, 0.3) is 5.56 Å². The largest absolute Gasteiger partial charge is 0.396 e. The van der Waals surface area contributed by atoms with Gasteiger partial charge in [0.15, 0.2) is 0 Å². The number of pyridine rings is 1. The molecule has 3 aromatic heterocycles. The van der Waals surface area contributed by atoms with Crippen LogP contribution in [0.1, 0.15) is 46.2 Å². The number of carbonyl (C=O) groups is 1. The molecule has 0 saturated heterocycles. The number of aliphatic hydroxyl groups is 1. The number of hydrogen-bond acceptors (Lipinski definition) is 4. The zero-order valence-corrected chi connectivity index (χ0v) is 21.5. The van der Waals surface area contributed by atoms with Gasteiger partial charge in [0.1, 0.15) is 12.0 Å². The van der Waals surface area contributed by atoms with Crippen LogP contribution in [0, 0.1) is 12.7 Å². The van der Waals surface area contributed by atoms with Crippen molar-refractivity contribution in [3.63, 3.8) is 0 Å². The van der Waals surface area contributed by atoms with Crippen molar-refractivity contribution in [1.82, 2.24) is 14.0 Å². The molecule has 2 aromatic carbocycles. The average Bonchev–Trinajstić information content (AvgIpc) is 3.29. The molecular weight excluding hydrogens is 518 g/mol. The van der Waals surface area contributed by atoms with E-state index < -0.39 is 41.0 Å². The van der Waals surface area contributed by atoms with E-state index in [1.807, 2.05) is 18.2 Å². The van der Waals surface area contributed by atoms with E-state index in [0.29, 0.717) is 34.3 Å². The minimum absolute atomic E-state index is 0.0300. The van der Waals surface area contributed by atoms with E-state index in [0.717, 1.165) is 26.0 Å². The van der Waals surface area contributed by atoms with Crippen molar-refractivity contribution in [2.45, 2.75) is 37.8 Å². The lowest BCUT2D eigenvalue weighted by molar-refractivity contribution is -0.120. The van der Waals surface area contributed by atoms with Gasteiger partial charge in [-0.05, 0) is 66.3 Å². The summed E-state index contributed by atoms with van der Waals surface area (Å²) >= 11 is 0. The Labute approximate surface area is 226 Å². The second-order valence-electron chi connectivity index (χ2n) is 10.2. The van der Waals surface area contributed by atoms with E-state index in [-0.39, 0.29) is 24.2 Å². The number of carbonyl (C=O) groups excluding carboxylic acids is 1. The molecule has 1 aliphatic carbocycles. The van der Waals surface area contributed by atoms with Crippen LogP contribution in [0.4, 0.5) is 8.78 Å². The molecular formula is C30H26F2N4O4. The number of primary amides is 1. The number of H-pyrrole nitrogens is 1. The molecule has 10 heteroatoms. The topological polar surface area (TPSA) is 123 Å². The average molecular weight is 545 g/mol. The summed E-state index contributed by atoms with van der Waals surface area (Å²) in [7, 11) is 0. The molecule has 5 aromatic rings. The number of fused-ring (bicyclic) bond motifs is 4. The Balaban J connectivity index is 1.58. The smallest absolute Gasteiger partial charge is 0.340 e. The maximum Gasteiger partial charge on any atom is 0.340 e. The quantitative estimate of drug-likeness (QED) is 0.314. The van der Waals surface area contributed by atoms with E-state index in [1.165, 1.54) is 18.3 Å². The maximum absolute atomic E-state index is 16.1. The number of nitrogens with one attached hydrogen (secondary N) is 1. The van der Waals surface area contributed by atoms with Gasteiger partial charge in [-0.15, -0.1) is 0 Å². The molecule has 0 spiro atoms. The number of aromatic nitrogens is 3. The highest BCUT2D eigenvalue weighted by molar-refractivity contribution is 5.91. The fraction of sp³-hybridized carbons (Fsp3) is 0.233. The van der Waals surface area contributed by atoms with E-state index in [1.54, 1.807) is 25.1 Å². The van der Waals surface area contributed by atoms with Gasteiger partial charge in [0.2, 0.25) is 5.91 Å².